The Balaban J connectivity index is 1.66. The van der Waals surface area contributed by atoms with E-state index in [0.29, 0.717) is 42.3 Å². The zero-order valence-electron chi connectivity index (χ0n) is 14.0. The van der Waals surface area contributed by atoms with E-state index < -0.39 is 16.1 Å². The summed E-state index contributed by atoms with van der Waals surface area (Å²) in [7, 11) is -3.72. The minimum Gasteiger partial charge on any atom is -0.447 e. The predicted molar refractivity (Wildman–Crippen MR) is 100 cm³/mol. The van der Waals surface area contributed by atoms with E-state index >= 15 is 0 Å². The molecule has 0 unspecified atom stereocenters. The van der Waals surface area contributed by atoms with Crippen molar-refractivity contribution >= 4 is 33.6 Å². The van der Waals surface area contributed by atoms with Gasteiger partial charge in [-0.25, -0.2) is 13.2 Å². The minimum atomic E-state index is -3.72. The molecule has 0 radical (unpaired) electrons. The lowest BCUT2D eigenvalue weighted by atomic mass is 9.98. The number of para-hydroxylation sites is 2. The average molecular weight is 370 g/mol. The number of rotatable bonds is 4. The van der Waals surface area contributed by atoms with Crippen molar-refractivity contribution < 1.29 is 17.9 Å². The van der Waals surface area contributed by atoms with Gasteiger partial charge in [0.25, 0.3) is 10.0 Å². The Bertz CT molecular complexity index is 998. The van der Waals surface area contributed by atoms with Crippen molar-refractivity contribution in [2.45, 2.75) is 12.8 Å². The van der Waals surface area contributed by atoms with Crippen LogP contribution in [0.4, 0.5) is 16.2 Å². The number of carbonyl (C=O) groups excluding carboxylic acids is 1. The second-order valence-electron chi connectivity index (χ2n) is 6.20. The second-order valence-corrected chi connectivity index (χ2v) is 7.93. The molecule has 0 spiro atoms. The van der Waals surface area contributed by atoms with Crippen LogP contribution in [0.1, 0.15) is 17.5 Å². The van der Waals surface area contributed by atoms with Gasteiger partial charge in [-0.2, -0.15) is 0 Å². The van der Waals surface area contributed by atoms with Crippen molar-refractivity contribution in [2.24, 2.45) is 0 Å². The van der Waals surface area contributed by atoms with Gasteiger partial charge in [0.2, 0.25) is 0 Å². The van der Waals surface area contributed by atoms with E-state index in [1.165, 1.54) is 4.90 Å². The smallest absolute Gasteiger partial charge is 0.414 e. The molecule has 1 N–H and O–H groups in total. The predicted octanol–water partition coefficient (Wildman–Crippen LogP) is 3.37. The Morgan fingerprint density at radius 2 is 1.77 bits per heavy atom. The average Bonchev–Trinajstić information content (AvgIpc) is 3.07. The Morgan fingerprint density at radius 3 is 2.58 bits per heavy atom. The normalized spacial score (nSPS) is 16.7. The van der Waals surface area contributed by atoms with Crippen molar-refractivity contribution in [3.05, 3.63) is 64.6 Å². The zero-order chi connectivity index (χ0) is 18.1. The van der Waals surface area contributed by atoms with Crippen LogP contribution in [0.2, 0.25) is 0 Å². The molecule has 7 heteroatoms. The molecular weight excluding hydrogens is 352 g/mol. The van der Waals surface area contributed by atoms with E-state index in [-0.39, 0.29) is 0 Å². The zero-order valence-corrected chi connectivity index (χ0v) is 14.8. The molecule has 4 rings (SSSR count). The summed E-state index contributed by atoms with van der Waals surface area (Å²) in [5.41, 5.74) is 2.93. The number of nitrogens with zero attached hydrogens (tertiary/aromatic N) is 1. The number of carbonyl (C=O) groups is 1. The van der Waals surface area contributed by atoms with Gasteiger partial charge in [0.05, 0.1) is 22.8 Å². The largest absolute Gasteiger partial charge is 0.447 e. The topological polar surface area (TPSA) is 75.7 Å². The summed E-state index contributed by atoms with van der Waals surface area (Å²) in [5, 5.41) is 0. The van der Waals surface area contributed by atoms with Crippen LogP contribution in [0.3, 0.4) is 0 Å². The lowest BCUT2D eigenvalue weighted by Crippen LogP contribution is -2.25. The van der Waals surface area contributed by atoms with Crippen LogP contribution in [0.5, 0.6) is 0 Å². The summed E-state index contributed by atoms with van der Waals surface area (Å²) in [6, 6.07) is 14.6. The van der Waals surface area contributed by atoms with Gasteiger partial charge in [0.15, 0.2) is 0 Å². The lowest BCUT2D eigenvalue weighted by Gasteiger charge is -2.21. The van der Waals surface area contributed by atoms with Crippen LogP contribution < -0.4 is 9.62 Å². The lowest BCUT2D eigenvalue weighted by molar-refractivity contribution is 0.181. The number of aryl methyl sites for hydroxylation is 1. The third-order valence-corrected chi connectivity index (χ3v) is 6.06. The molecule has 1 saturated heterocycles. The summed E-state index contributed by atoms with van der Waals surface area (Å²) in [5.74, 6) is 0. The molecule has 26 heavy (non-hydrogen) atoms. The monoisotopic (exact) mass is 370 g/mol. The van der Waals surface area contributed by atoms with E-state index in [2.05, 4.69) is 4.72 Å². The molecule has 0 bridgehead atoms. The highest BCUT2D eigenvalue weighted by molar-refractivity contribution is 7.96. The van der Waals surface area contributed by atoms with Crippen molar-refractivity contribution in [2.75, 3.05) is 22.8 Å². The standard InChI is InChI=1S/C19H18N2O4S/c22-19-21(11-12-25-19)18-8-4-3-7-17(18)20-26(23,24)16-10-9-14-5-1-2-6-15(14)13-16/h1-8,13,20H,9-12H2. The van der Waals surface area contributed by atoms with Gasteiger partial charge in [-0.15, -0.1) is 0 Å². The number of nitrogens with one attached hydrogen (secondary N) is 1. The van der Waals surface area contributed by atoms with Crippen molar-refractivity contribution in [1.82, 2.24) is 0 Å². The molecule has 134 valence electrons. The maximum absolute atomic E-state index is 12.9. The molecule has 1 heterocycles. The van der Waals surface area contributed by atoms with Gasteiger partial charge in [0.1, 0.15) is 6.61 Å². The van der Waals surface area contributed by atoms with E-state index in [4.69, 9.17) is 4.74 Å². The van der Waals surface area contributed by atoms with Gasteiger partial charge in [0, 0.05) is 0 Å². The summed E-state index contributed by atoms with van der Waals surface area (Å²) >= 11 is 0. The first-order chi connectivity index (χ1) is 12.5. The van der Waals surface area contributed by atoms with E-state index in [1.807, 2.05) is 24.3 Å². The Hall–Kier alpha value is -2.80. The van der Waals surface area contributed by atoms with Crippen molar-refractivity contribution in [1.29, 1.82) is 0 Å². The first kappa shape index (κ1) is 16.7. The van der Waals surface area contributed by atoms with Crippen LogP contribution in [0.25, 0.3) is 6.08 Å². The maximum atomic E-state index is 12.9. The molecule has 1 amide bonds. The Morgan fingerprint density at radius 1 is 1.00 bits per heavy atom. The fourth-order valence-corrected chi connectivity index (χ4v) is 4.48. The molecule has 2 aromatic carbocycles. The van der Waals surface area contributed by atoms with Crippen molar-refractivity contribution in [3.63, 3.8) is 0 Å². The second kappa shape index (κ2) is 6.49. The number of anilines is 2. The van der Waals surface area contributed by atoms with E-state index in [1.54, 1.807) is 30.3 Å². The SMILES string of the molecule is O=C1OCCN1c1ccccc1NS(=O)(=O)C1=Cc2ccccc2CC1. The van der Waals surface area contributed by atoms with Gasteiger partial charge < -0.3 is 4.74 Å². The molecule has 0 saturated carbocycles. The van der Waals surface area contributed by atoms with Crippen LogP contribution >= 0.6 is 0 Å². The highest BCUT2D eigenvalue weighted by Gasteiger charge is 2.28. The summed E-state index contributed by atoms with van der Waals surface area (Å²) in [6.07, 6.45) is 2.37. The fourth-order valence-electron chi connectivity index (χ4n) is 3.24. The molecule has 0 aromatic heterocycles. The number of ether oxygens (including phenoxy) is 1. The van der Waals surface area contributed by atoms with Crippen LogP contribution in [0, 0.1) is 0 Å². The maximum Gasteiger partial charge on any atom is 0.414 e. The molecule has 1 aliphatic carbocycles. The number of sulfonamides is 1. The molecule has 2 aliphatic rings. The highest BCUT2D eigenvalue weighted by atomic mass is 32.2. The summed E-state index contributed by atoms with van der Waals surface area (Å²) < 4.78 is 33.4. The fraction of sp³-hybridized carbons (Fsp3) is 0.211. The quantitative estimate of drug-likeness (QED) is 0.895. The van der Waals surface area contributed by atoms with Crippen molar-refractivity contribution in [3.8, 4) is 0 Å². The molecular formula is C19H18N2O4S. The minimum absolute atomic E-state index is 0.294. The summed E-state index contributed by atoms with van der Waals surface area (Å²) in [6.45, 7) is 0.690. The van der Waals surface area contributed by atoms with Crippen LogP contribution in [0.15, 0.2) is 53.4 Å². The third kappa shape index (κ3) is 3.06. The molecule has 0 atom stereocenters. The first-order valence-electron chi connectivity index (χ1n) is 8.39. The van der Waals surface area contributed by atoms with Gasteiger partial charge >= 0.3 is 6.09 Å². The number of fused-ring (bicyclic) bond motifs is 1. The number of hydrogen-bond acceptors (Lipinski definition) is 4. The number of benzene rings is 2. The Kier molecular flexibility index (Phi) is 4.16. The van der Waals surface area contributed by atoms with Gasteiger partial charge in [-0.1, -0.05) is 36.4 Å². The number of hydrogen-bond donors (Lipinski definition) is 1. The number of cyclic esters (lactones) is 1. The first-order valence-corrected chi connectivity index (χ1v) is 9.87. The van der Waals surface area contributed by atoms with E-state index in [0.717, 1.165) is 11.1 Å². The number of allylic oxidation sites excluding steroid dienone is 1. The van der Waals surface area contributed by atoms with Gasteiger partial charge in [-0.3, -0.25) is 9.62 Å². The number of amides is 1. The third-order valence-electron chi connectivity index (χ3n) is 4.56. The Labute approximate surface area is 152 Å². The molecule has 1 aliphatic heterocycles. The van der Waals surface area contributed by atoms with Crippen LogP contribution in [-0.2, 0) is 21.2 Å². The molecule has 2 aromatic rings. The van der Waals surface area contributed by atoms with Crippen LogP contribution in [-0.4, -0.2) is 27.7 Å². The highest BCUT2D eigenvalue weighted by Crippen LogP contribution is 2.32. The van der Waals surface area contributed by atoms with Gasteiger partial charge in [-0.05, 0) is 42.2 Å². The molecule has 6 nitrogen and oxygen atoms in total. The summed E-state index contributed by atoms with van der Waals surface area (Å²) in [4.78, 5) is 13.6. The van der Waals surface area contributed by atoms with E-state index in [9.17, 15) is 13.2 Å². The molecule has 1 fully saturated rings.